The summed E-state index contributed by atoms with van der Waals surface area (Å²) in [6.07, 6.45) is 48.0. The van der Waals surface area contributed by atoms with Crippen LogP contribution in [0.1, 0.15) is 253 Å². The van der Waals surface area contributed by atoms with Crippen LogP contribution in [0, 0.1) is 5.92 Å². The summed E-state index contributed by atoms with van der Waals surface area (Å²) >= 11 is 0. The van der Waals surface area contributed by atoms with Gasteiger partial charge in [-0.2, -0.15) is 0 Å². The molecule has 0 radical (unpaired) electrons. The van der Waals surface area contributed by atoms with Crippen molar-refractivity contribution in [3.8, 4) is 0 Å². The van der Waals surface area contributed by atoms with Crippen molar-refractivity contribution >= 4 is 11.9 Å². The minimum atomic E-state index is -0.0415. The van der Waals surface area contributed by atoms with Crippen LogP contribution in [0.25, 0.3) is 0 Å². The van der Waals surface area contributed by atoms with Crippen molar-refractivity contribution in [2.24, 2.45) is 5.92 Å². The van der Waals surface area contributed by atoms with Gasteiger partial charge in [0, 0.05) is 6.42 Å². The molecular formula is C46H90O4. The van der Waals surface area contributed by atoms with Gasteiger partial charge in [-0.3, -0.25) is 9.59 Å². The number of carbonyl (C=O) groups excluding carboxylic acids is 2. The van der Waals surface area contributed by atoms with Gasteiger partial charge >= 0.3 is 11.9 Å². The number of hydrogen-bond donors (Lipinski definition) is 0. The molecule has 4 heteroatoms. The maximum absolute atomic E-state index is 12.1. The number of rotatable bonds is 38. The summed E-state index contributed by atoms with van der Waals surface area (Å²) in [4.78, 5) is 23.3. The maximum Gasteiger partial charge on any atom is 0.308 e. The summed E-state index contributed by atoms with van der Waals surface area (Å²) in [5.74, 6) is 0.136. The number of allylic oxidation sites excluding steroid dienone is 2. The van der Waals surface area contributed by atoms with Crippen LogP contribution in [0.3, 0.4) is 0 Å². The molecule has 0 N–H and O–H groups in total. The third-order valence-electron chi connectivity index (χ3n) is 9.92. The number of hydrogen-bond acceptors (Lipinski definition) is 4. The topological polar surface area (TPSA) is 52.6 Å². The molecule has 0 spiro atoms. The van der Waals surface area contributed by atoms with Crippen LogP contribution >= 0.6 is 0 Å². The number of esters is 2. The molecule has 298 valence electrons. The molecule has 50 heavy (non-hydrogen) atoms. The van der Waals surface area contributed by atoms with Crippen LogP contribution in [-0.4, -0.2) is 25.2 Å². The third kappa shape index (κ3) is 42.8. The zero-order valence-electron chi connectivity index (χ0n) is 34.8. The van der Waals surface area contributed by atoms with Crippen molar-refractivity contribution in [3.63, 3.8) is 0 Å². The Labute approximate surface area is 314 Å². The molecular weight excluding hydrogens is 617 g/mol. The molecule has 0 aromatic heterocycles. The van der Waals surface area contributed by atoms with E-state index in [-0.39, 0.29) is 17.9 Å². The maximum atomic E-state index is 12.1. The average molecular weight is 707 g/mol. The molecule has 4 nitrogen and oxygen atoms in total. The number of carbonyl (C=O) groups is 2. The quantitative estimate of drug-likeness (QED) is 0.0364. The predicted molar refractivity (Wildman–Crippen MR) is 220 cm³/mol. The minimum absolute atomic E-state index is 0.0415. The molecule has 0 saturated heterocycles. The Morgan fingerprint density at radius 2 is 0.820 bits per heavy atom. The fourth-order valence-corrected chi connectivity index (χ4v) is 6.47. The Balaban J connectivity index is 0. The van der Waals surface area contributed by atoms with E-state index in [0.29, 0.717) is 19.6 Å². The standard InChI is InChI=1S/C26H52O2.C20H38O2/c1-4-7-9-11-12-13-14-15-16-17-18-19-20-21-23-25(6-3)26(27)28-24-22-10-8-5-2;1-3-5-6-7-8-9-10-11-12-13-14-15-16-17-18-19-20(21)22-4-2/h25H,4-24H2,1-3H3;11-12H,3-10,13-19H2,1-2H3/b;12-11-. The minimum Gasteiger partial charge on any atom is -0.466 e. The van der Waals surface area contributed by atoms with Crippen LogP contribution in [0.5, 0.6) is 0 Å². The second-order valence-electron chi connectivity index (χ2n) is 14.9. The molecule has 1 atom stereocenters. The van der Waals surface area contributed by atoms with Gasteiger partial charge in [0.05, 0.1) is 19.1 Å². The van der Waals surface area contributed by atoms with Crippen molar-refractivity contribution in [1.82, 2.24) is 0 Å². The molecule has 0 rings (SSSR count). The van der Waals surface area contributed by atoms with Crippen LogP contribution in [0.4, 0.5) is 0 Å². The Bertz CT molecular complexity index is 688. The molecule has 0 aromatic carbocycles. The molecule has 0 aliphatic carbocycles. The zero-order chi connectivity index (χ0) is 37.0. The van der Waals surface area contributed by atoms with Crippen LogP contribution in [0.2, 0.25) is 0 Å². The first kappa shape index (κ1) is 50.8. The van der Waals surface area contributed by atoms with Crippen molar-refractivity contribution in [2.75, 3.05) is 13.2 Å². The van der Waals surface area contributed by atoms with Crippen molar-refractivity contribution in [3.05, 3.63) is 12.2 Å². The third-order valence-corrected chi connectivity index (χ3v) is 9.92. The van der Waals surface area contributed by atoms with E-state index >= 15 is 0 Å². The fourth-order valence-electron chi connectivity index (χ4n) is 6.47. The molecule has 0 heterocycles. The smallest absolute Gasteiger partial charge is 0.308 e. The Kier molecular flexibility index (Phi) is 46.4. The summed E-state index contributed by atoms with van der Waals surface area (Å²) in [6.45, 7) is 11.9. The molecule has 0 saturated carbocycles. The Morgan fingerprint density at radius 3 is 1.24 bits per heavy atom. The zero-order valence-corrected chi connectivity index (χ0v) is 34.8. The number of unbranched alkanes of at least 4 members (excludes halogenated alkanes) is 27. The summed E-state index contributed by atoms with van der Waals surface area (Å²) < 4.78 is 10.4. The largest absolute Gasteiger partial charge is 0.466 e. The SMILES string of the molecule is CCCCCCCC/C=C\CCCCCCCC(=O)OCC.CCCCCCCCCCCCCCCCC(CC)C(=O)OCCCCCC. The summed E-state index contributed by atoms with van der Waals surface area (Å²) in [5.41, 5.74) is 0. The monoisotopic (exact) mass is 707 g/mol. The predicted octanol–water partition coefficient (Wildman–Crippen LogP) is 15.6. The highest BCUT2D eigenvalue weighted by Crippen LogP contribution is 2.18. The van der Waals surface area contributed by atoms with Gasteiger partial charge in [0.25, 0.3) is 0 Å². The van der Waals surface area contributed by atoms with Gasteiger partial charge in [0.15, 0.2) is 0 Å². The van der Waals surface area contributed by atoms with E-state index in [1.807, 2.05) is 6.92 Å². The molecule has 0 aliphatic rings. The van der Waals surface area contributed by atoms with Crippen molar-refractivity contribution in [2.45, 2.75) is 253 Å². The van der Waals surface area contributed by atoms with E-state index in [9.17, 15) is 9.59 Å². The molecule has 0 aromatic rings. The second-order valence-corrected chi connectivity index (χ2v) is 14.9. The summed E-state index contributed by atoms with van der Waals surface area (Å²) in [5, 5.41) is 0. The van der Waals surface area contributed by atoms with Gasteiger partial charge in [0.2, 0.25) is 0 Å². The molecule has 1 unspecified atom stereocenters. The first-order valence-electron chi connectivity index (χ1n) is 22.5. The molecule has 0 bridgehead atoms. The first-order chi connectivity index (χ1) is 24.6. The van der Waals surface area contributed by atoms with E-state index in [1.165, 1.54) is 180 Å². The molecule has 0 amide bonds. The van der Waals surface area contributed by atoms with Crippen molar-refractivity contribution < 1.29 is 19.1 Å². The van der Waals surface area contributed by atoms with Gasteiger partial charge in [-0.15, -0.1) is 0 Å². The normalized spacial score (nSPS) is 11.8. The van der Waals surface area contributed by atoms with Gasteiger partial charge in [-0.1, -0.05) is 200 Å². The average Bonchev–Trinajstić information content (AvgIpc) is 3.12. The highest BCUT2D eigenvalue weighted by Gasteiger charge is 2.17. The van der Waals surface area contributed by atoms with Crippen LogP contribution < -0.4 is 0 Å². The van der Waals surface area contributed by atoms with E-state index in [4.69, 9.17) is 9.47 Å². The van der Waals surface area contributed by atoms with Gasteiger partial charge in [0.1, 0.15) is 0 Å². The van der Waals surface area contributed by atoms with E-state index in [0.717, 1.165) is 32.1 Å². The van der Waals surface area contributed by atoms with Gasteiger partial charge in [-0.05, 0) is 58.3 Å². The highest BCUT2D eigenvalue weighted by molar-refractivity contribution is 5.72. The van der Waals surface area contributed by atoms with Crippen LogP contribution in [0.15, 0.2) is 12.2 Å². The summed E-state index contributed by atoms with van der Waals surface area (Å²) in [7, 11) is 0. The number of ether oxygens (including phenoxy) is 2. The lowest BCUT2D eigenvalue weighted by Gasteiger charge is -2.14. The summed E-state index contributed by atoms with van der Waals surface area (Å²) in [6, 6.07) is 0. The van der Waals surface area contributed by atoms with Gasteiger partial charge in [-0.25, -0.2) is 0 Å². The highest BCUT2D eigenvalue weighted by atomic mass is 16.5. The second kappa shape index (κ2) is 45.7. The van der Waals surface area contributed by atoms with Gasteiger partial charge < -0.3 is 9.47 Å². The lowest BCUT2D eigenvalue weighted by Crippen LogP contribution is -2.17. The lowest BCUT2D eigenvalue weighted by atomic mass is 9.97. The van der Waals surface area contributed by atoms with E-state index in [2.05, 4.69) is 39.8 Å². The van der Waals surface area contributed by atoms with Crippen molar-refractivity contribution in [1.29, 1.82) is 0 Å². The molecule has 0 aliphatic heterocycles. The van der Waals surface area contributed by atoms with Crippen LogP contribution in [-0.2, 0) is 19.1 Å². The molecule has 0 fully saturated rings. The fraction of sp³-hybridized carbons (Fsp3) is 0.913. The van der Waals surface area contributed by atoms with E-state index in [1.54, 1.807) is 0 Å². The van der Waals surface area contributed by atoms with E-state index < -0.39 is 0 Å². The Morgan fingerprint density at radius 1 is 0.440 bits per heavy atom. The lowest BCUT2D eigenvalue weighted by molar-refractivity contribution is -0.149. The Hall–Kier alpha value is -1.32. The first-order valence-corrected chi connectivity index (χ1v) is 22.5.